The molecule has 0 radical (unpaired) electrons. The van der Waals surface area contributed by atoms with Gasteiger partial charge < -0.3 is 10.1 Å². The quantitative estimate of drug-likeness (QED) is 0.585. The van der Waals surface area contributed by atoms with Gasteiger partial charge in [-0.15, -0.1) is 0 Å². The summed E-state index contributed by atoms with van der Waals surface area (Å²) >= 11 is 0. The Morgan fingerprint density at radius 2 is 1.83 bits per heavy atom. The van der Waals surface area contributed by atoms with Gasteiger partial charge in [-0.25, -0.2) is 0 Å². The molecule has 1 aliphatic rings. The molecule has 2 atom stereocenters. The maximum atomic E-state index is 11.8. The molecule has 0 aliphatic heterocycles. The number of nitrogens with one attached hydrogen (secondary N) is 1. The van der Waals surface area contributed by atoms with Crippen LogP contribution in [0.5, 0.6) is 0 Å². The van der Waals surface area contributed by atoms with E-state index >= 15 is 0 Å². The fourth-order valence-corrected chi connectivity index (χ4v) is 2.86. The van der Waals surface area contributed by atoms with Crippen molar-refractivity contribution in [2.24, 2.45) is 5.92 Å². The van der Waals surface area contributed by atoms with Crippen molar-refractivity contribution in [1.29, 1.82) is 0 Å². The summed E-state index contributed by atoms with van der Waals surface area (Å²) in [6, 6.07) is 0.278. The maximum absolute atomic E-state index is 11.8. The molecule has 3 heteroatoms. The summed E-state index contributed by atoms with van der Waals surface area (Å²) in [4.78, 5) is 11.8. The summed E-state index contributed by atoms with van der Waals surface area (Å²) in [5, 5.41) is 3.47. The lowest BCUT2D eigenvalue weighted by Crippen LogP contribution is -2.45. The van der Waals surface area contributed by atoms with Crippen LogP contribution in [0.25, 0.3) is 0 Å². The summed E-state index contributed by atoms with van der Waals surface area (Å²) < 4.78 is 5.11. The van der Waals surface area contributed by atoms with Crippen LogP contribution < -0.4 is 5.32 Å². The second kappa shape index (κ2) is 8.52. The average molecular weight is 255 g/mol. The molecule has 1 aliphatic carbocycles. The lowest BCUT2D eigenvalue weighted by molar-refractivity contribution is -0.146. The second-order valence-electron chi connectivity index (χ2n) is 5.42. The van der Waals surface area contributed by atoms with E-state index < -0.39 is 0 Å². The van der Waals surface area contributed by atoms with Crippen LogP contribution in [0, 0.1) is 5.92 Å². The van der Waals surface area contributed by atoms with Gasteiger partial charge in [0.2, 0.25) is 0 Å². The number of hydrogen-bond acceptors (Lipinski definition) is 3. The highest BCUT2D eigenvalue weighted by Crippen LogP contribution is 2.25. The van der Waals surface area contributed by atoms with Crippen molar-refractivity contribution in [1.82, 2.24) is 5.32 Å². The van der Waals surface area contributed by atoms with Crippen LogP contribution in [0.3, 0.4) is 0 Å². The number of rotatable bonds is 6. The van der Waals surface area contributed by atoms with Crippen LogP contribution >= 0.6 is 0 Å². The maximum Gasteiger partial charge on any atom is 0.323 e. The summed E-state index contributed by atoms with van der Waals surface area (Å²) in [6.07, 6.45) is 8.83. The molecule has 0 spiro atoms. The number of ether oxygens (including phenoxy) is 1. The lowest BCUT2D eigenvalue weighted by atomic mass is 9.92. The third-order valence-corrected chi connectivity index (χ3v) is 4.05. The molecule has 1 saturated carbocycles. The lowest BCUT2D eigenvalue weighted by Gasteiger charge is -2.27. The molecular weight excluding hydrogens is 226 g/mol. The van der Waals surface area contributed by atoms with Gasteiger partial charge >= 0.3 is 5.97 Å². The van der Waals surface area contributed by atoms with E-state index in [9.17, 15) is 4.79 Å². The zero-order valence-corrected chi connectivity index (χ0v) is 12.2. The molecule has 106 valence electrons. The van der Waals surface area contributed by atoms with E-state index in [1.165, 1.54) is 38.5 Å². The Morgan fingerprint density at radius 3 is 2.33 bits per heavy atom. The monoisotopic (exact) mass is 255 g/mol. The smallest absolute Gasteiger partial charge is 0.323 e. The van der Waals surface area contributed by atoms with Gasteiger partial charge in [0.1, 0.15) is 6.04 Å². The first kappa shape index (κ1) is 15.5. The van der Waals surface area contributed by atoms with E-state index in [0.717, 1.165) is 12.3 Å². The largest absolute Gasteiger partial charge is 0.465 e. The molecule has 0 saturated heterocycles. The fraction of sp³-hybridized carbons (Fsp3) is 0.933. The molecule has 0 bridgehead atoms. The summed E-state index contributed by atoms with van der Waals surface area (Å²) in [5.74, 6) is 0.622. The zero-order valence-electron chi connectivity index (χ0n) is 12.2. The Hall–Kier alpha value is -0.570. The van der Waals surface area contributed by atoms with Crippen LogP contribution in [0.1, 0.15) is 65.7 Å². The van der Waals surface area contributed by atoms with Crippen molar-refractivity contribution in [3.8, 4) is 0 Å². The first-order valence-electron chi connectivity index (χ1n) is 7.61. The Labute approximate surface area is 112 Å². The third kappa shape index (κ3) is 4.97. The van der Waals surface area contributed by atoms with Gasteiger partial charge in [-0.3, -0.25) is 4.79 Å². The van der Waals surface area contributed by atoms with Crippen molar-refractivity contribution in [3.63, 3.8) is 0 Å². The van der Waals surface area contributed by atoms with Crippen LogP contribution in [-0.4, -0.2) is 24.7 Å². The van der Waals surface area contributed by atoms with Crippen molar-refractivity contribution in [2.45, 2.75) is 77.8 Å². The normalized spacial score (nSPS) is 21.1. The van der Waals surface area contributed by atoms with E-state index in [-0.39, 0.29) is 12.0 Å². The predicted molar refractivity (Wildman–Crippen MR) is 74.5 cm³/mol. The first-order valence-corrected chi connectivity index (χ1v) is 7.61. The molecule has 18 heavy (non-hydrogen) atoms. The van der Waals surface area contributed by atoms with Crippen LogP contribution in [-0.2, 0) is 9.53 Å². The number of carbonyl (C=O) groups is 1. The molecular formula is C15H29NO2. The standard InChI is InChI=1S/C15H29NO2/c1-4-14(15(17)18-5-2)16-12(3)13-10-8-6-7-9-11-13/h12-14,16H,4-11H2,1-3H3/t12-,14?/m0/s1. The van der Waals surface area contributed by atoms with Crippen LogP contribution in [0.2, 0.25) is 0 Å². The minimum absolute atomic E-state index is 0.0968. The van der Waals surface area contributed by atoms with Gasteiger partial charge in [0.05, 0.1) is 6.61 Å². The average Bonchev–Trinajstić information content (AvgIpc) is 2.64. The van der Waals surface area contributed by atoms with Crippen molar-refractivity contribution >= 4 is 5.97 Å². The Kier molecular flexibility index (Phi) is 7.33. The second-order valence-corrected chi connectivity index (χ2v) is 5.42. The van der Waals surface area contributed by atoms with Gasteiger partial charge in [0.15, 0.2) is 0 Å². The van der Waals surface area contributed by atoms with Gasteiger partial charge in [0.25, 0.3) is 0 Å². The third-order valence-electron chi connectivity index (χ3n) is 4.05. The molecule has 0 amide bonds. The molecule has 3 nitrogen and oxygen atoms in total. The molecule has 0 aromatic rings. The van der Waals surface area contributed by atoms with Crippen molar-refractivity contribution < 1.29 is 9.53 Å². The minimum Gasteiger partial charge on any atom is -0.465 e. The highest BCUT2D eigenvalue weighted by atomic mass is 16.5. The Morgan fingerprint density at radius 1 is 1.22 bits per heavy atom. The first-order chi connectivity index (χ1) is 8.69. The highest BCUT2D eigenvalue weighted by molar-refractivity contribution is 5.75. The van der Waals surface area contributed by atoms with Crippen LogP contribution in [0.15, 0.2) is 0 Å². The summed E-state index contributed by atoms with van der Waals surface area (Å²) in [7, 11) is 0. The number of hydrogen-bond donors (Lipinski definition) is 1. The molecule has 0 heterocycles. The molecule has 1 fully saturated rings. The van der Waals surface area contributed by atoms with E-state index in [0.29, 0.717) is 12.6 Å². The van der Waals surface area contributed by atoms with E-state index in [2.05, 4.69) is 12.2 Å². The SMILES string of the molecule is CCOC(=O)C(CC)N[C@@H](C)C1CCCCCC1. The molecule has 0 aromatic carbocycles. The van der Waals surface area contributed by atoms with Crippen molar-refractivity contribution in [3.05, 3.63) is 0 Å². The summed E-state index contributed by atoms with van der Waals surface area (Å²) in [5.41, 5.74) is 0. The number of carbonyl (C=O) groups excluding carboxylic acids is 1. The topological polar surface area (TPSA) is 38.3 Å². The molecule has 1 N–H and O–H groups in total. The van der Waals surface area contributed by atoms with Gasteiger partial charge in [-0.05, 0) is 39.0 Å². The summed E-state index contributed by atoms with van der Waals surface area (Å²) in [6.45, 7) is 6.58. The minimum atomic E-state index is -0.136. The van der Waals surface area contributed by atoms with Gasteiger partial charge in [-0.2, -0.15) is 0 Å². The Bertz CT molecular complexity index is 235. The van der Waals surface area contributed by atoms with E-state index in [1.54, 1.807) is 0 Å². The van der Waals surface area contributed by atoms with E-state index in [4.69, 9.17) is 4.74 Å². The van der Waals surface area contributed by atoms with Gasteiger partial charge in [0, 0.05) is 6.04 Å². The fourth-order valence-electron chi connectivity index (χ4n) is 2.86. The van der Waals surface area contributed by atoms with Crippen molar-refractivity contribution in [2.75, 3.05) is 6.61 Å². The molecule has 1 rings (SSSR count). The molecule has 0 aromatic heterocycles. The van der Waals surface area contributed by atoms with E-state index in [1.807, 2.05) is 13.8 Å². The predicted octanol–water partition coefficient (Wildman–Crippen LogP) is 3.28. The van der Waals surface area contributed by atoms with Gasteiger partial charge in [-0.1, -0.05) is 32.6 Å². The Balaban J connectivity index is 2.44. The highest BCUT2D eigenvalue weighted by Gasteiger charge is 2.24. The molecule has 1 unspecified atom stereocenters. The number of esters is 1. The zero-order chi connectivity index (χ0) is 13.4. The van der Waals surface area contributed by atoms with Crippen LogP contribution in [0.4, 0.5) is 0 Å².